The minimum absolute atomic E-state index is 0.772. The molecule has 1 aromatic carbocycles. The van der Waals surface area contributed by atoms with Crippen LogP contribution in [0.5, 0.6) is 0 Å². The molecule has 0 bridgehead atoms. The number of carbonyl (C=O) groups excluding carboxylic acids is 1. The monoisotopic (exact) mass is 259 g/mol. The number of aldehydes is 1. The fraction of sp³-hybridized carbons (Fsp3) is 0.267. The topological polar surface area (TPSA) is 20.3 Å². The minimum atomic E-state index is 0.772. The van der Waals surface area contributed by atoms with E-state index in [-0.39, 0.29) is 0 Å². The minimum Gasteiger partial charge on any atom is -0.366 e. The van der Waals surface area contributed by atoms with Crippen molar-refractivity contribution in [2.75, 3.05) is 11.4 Å². The standard InChI is InChI=1S/C15H17NOS/c1-3-16(10-14-5-4-8-18-14)15-7-6-12(2)9-13(15)11-17/h4-9,11H,3,10H2,1-2H3. The number of nitrogens with zero attached hydrogens (tertiary/aromatic N) is 1. The summed E-state index contributed by atoms with van der Waals surface area (Å²) in [5.74, 6) is 0. The summed E-state index contributed by atoms with van der Waals surface area (Å²) in [7, 11) is 0. The third-order valence-electron chi connectivity index (χ3n) is 2.96. The highest BCUT2D eigenvalue weighted by atomic mass is 32.1. The smallest absolute Gasteiger partial charge is 0.152 e. The van der Waals surface area contributed by atoms with Crippen LogP contribution in [0.15, 0.2) is 35.7 Å². The molecule has 0 aliphatic heterocycles. The fourth-order valence-corrected chi connectivity index (χ4v) is 2.73. The Kier molecular flexibility index (Phi) is 4.15. The number of anilines is 1. The van der Waals surface area contributed by atoms with Crippen molar-refractivity contribution < 1.29 is 4.79 Å². The van der Waals surface area contributed by atoms with Crippen molar-refractivity contribution in [2.45, 2.75) is 20.4 Å². The van der Waals surface area contributed by atoms with Gasteiger partial charge in [-0.1, -0.05) is 17.7 Å². The van der Waals surface area contributed by atoms with Gasteiger partial charge in [0.1, 0.15) is 0 Å². The zero-order chi connectivity index (χ0) is 13.0. The molecular weight excluding hydrogens is 242 g/mol. The van der Waals surface area contributed by atoms with E-state index in [9.17, 15) is 4.79 Å². The molecule has 94 valence electrons. The van der Waals surface area contributed by atoms with Gasteiger partial charge < -0.3 is 4.90 Å². The first-order chi connectivity index (χ1) is 8.74. The molecule has 0 aliphatic carbocycles. The summed E-state index contributed by atoms with van der Waals surface area (Å²) < 4.78 is 0. The van der Waals surface area contributed by atoms with E-state index < -0.39 is 0 Å². The van der Waals surface area contributed by atoms with Gasteiger partial charge in [0, 0.05) is 22.7 Å². The lowest BCUT2D eigenvalue weighted by molar-refractivity contribution is 0.112. The Morgan fingerprint density at radius 3 is 2.78 bits per heavy atom. The molecule has 0 spiro atoms. The Hall–Kier alpha value is -1.61. The molecule has 0 N–H and O–H groups in total. The van der Waals surface area contributed by atoms with Gasteiger partial charge in [-0.25, -0.2) is 0 Å². The van der Waals surface area contributed by atoms with E-state index in [1.54, 1.807) is 11.3 Å². The predicted octanol–water partition coefficient (Wildman–Crippen LogP) is 3.90. The van der Waals surface area contributed by atoms with Crippen molar-refractivity contribution in [1.29, 1.82) is 0 Å². The summed E-state index contributed by atoms with van der Waals surface area (Å²) in [5, 5.41) is 2.08. The van der Waals surface area contributed by atoms with Crippen LogP contribution in [0.25, 0.3) is 0 Å². The Bertz CT molecular complexity index is 519. The van der Waals surface area contributed by atoms with E-state index in [1.807, 2.05) is 19.1 Å². The molecule has 0 unspecified atom stereocenters. The van der Waals surface area contributed by atoms with E-state index in [2.05, 4.69) is 35.4 Å². The van der Waals surface area contributed by atoms with Crippen LogP contribution < -0.4 is 4.90 Å². The Balaban J connectivity index is 2.29. The SMILES string of the molecule is CCN(Cc1cccs1)c1ccc(C)cc1C=O. The van der Waals surface area contributed by atoms with Gasteiger partial charge in [0.25, 0.3) is 0 Å². The van der Waals surface area contributed by atoms with Crippen LogP contribution in [0.1, 0.15) is 27.7 Å². The van der Waals surface area contributed by atoms with Crippen molar-refractivity contribution >= 4 is 23.3 Å². The molecule has 0 aliphatic rings. The quantitative estimate of drug-likeness (QED) is 0.759. The molecule has 2 nitrogen and oxygen atoms in total. The van der Waals surface area contributed by atoms with E-state index in [0.29, 0.717) is 0 Å². The summed E-state index contributed by atoms with van der Waals surface area (Å²) >= 11 is 1.75. The van der Waals surface area contributed by atoms with Crippen molar-refractivity contribution in [3.05, 3.63) is 51.7 Å². The van der Waals surface area contributed by atoms with E-state index in [4.69, 9.17) is 0 Å². The van der Waals surface area contributed by atoms with Gasteiger partial charge in [-0.3, -0.25) is 4.79 Å². The fourth-order valence-electron chi connectivity index (χ4n) is 2.01. The first-order valence-corrected chi connectivity index (χ1v) is 6.95. The number of hydrogen-bond acceptors (Lipinski definition) is 3. The number of hydrogen-bond donors (Lipinski definition) is 0. The molecule has 2 aromatic rings. The third-order valence-corrected chi connectivity index (χ3v) is 3.82. The zero-order valence-electron chi connectivity index (χ0n) is 10.7. The van der Waals surface area contributed by atoms with Crippen LogP contribution in [0.2, 0.25) is 0 Å². The van der Waals surface area contributed by atoms with E-state index >= 15 is 0 Å². The Labute approximate surface area is 112 Å². The molecule has 0 radical (unpaired) electrons. The van der Waals surface area contributed by atoms with Crippen molar-refractivity contribution in [1.82, 2.24) is 0 Å². The van der Waals surface area contributed by atoms with Crippen LogP contribution in [0.3, 0.4) is 0 Å². The number of thiophene rings is 1. The average Bonchev–Trinajstić information content (AvgIpc) is 2.89. The van der Waals surface area contributed by atoms with Gasteiger partial charge in [-0.05, 0) is 37.4 Å². The summed E-state index contributed by atoms with van der Waals surface area (Å²) in [5.41, 5.74) is 2.91. The molecule has 2 rings (SSSR count). The Morgan fingerprint density at radius 1 is 1.33 bits per heavy atom. The number of rotatable bonds is 5. The maximum atomic E-state index is 11.2. The van der Waals surface area contributed by atoms with Crippen LogP contribution in [-0.2, 0) is 6.54 Å². The second-order valence-electron chi connectivity index (χ2n) is 4.27. The highest BCUT2D eigenvalue weighted by molar-refractivity contribution is 7.09. The maximum absolute atomic E-state index is 11.2. The Morgan fingerprint density at radius 2 is 2.17 bits per heavy atom. The molecule has 0 amide bonds. The maximum Gasteiger partial charge on any atom is 0.152 e. The summed E-state index contributed by atoms with van der Waals surface area (Å²) in [6, 6.07) is 10.2. The first kappa shape index (κ1) is 12.8. The van der Waals surface area contributed by atoms with E-state index in [0.717, 1.165) is 36.2 Å². The summed E-state index contributed by atoms with van der Waals surface area (Å²) in [4.78, 5) is 14.7. The molecule has 0 atom stereocenters. The second kappa shape index (κ2) is 5.83. The van der Waals surface area contributed by atoms with Crippen molar-refractivity contribution in [3.63, 3.8) is 0 Å². The third kappa shape index (κ3) is 2.79. The molecule has 1 aromatic heterocycles. The summed E-state index contributed by atoms with van der Waals surface area (Å²) in [6.07, 6.45) is 0.944. The normalized spacial score (nSPS) is 10.3. The average molecular weight is 259 g/mol. The second-order valence-corrected chi connectivity index (χ2v) is 5.31. The van der Waals surface area contributed by atoms with Gasteiger partial charge in [-0.15, -0.1) is 11.3 Å². The van der Waals surface area contributed by atoms with Crippen LogP contribution >= 0.6 is 11.3 Å². The summed E-state index contributed by atoms with van der Waals surface area (Å²) in [6.45, 7) is 5.87. The van der Waals surface area contributed by atoms with Gasteiger partial charge in [0.2, 0.25) is 0 Å². The molecule has 0 saturated carbocycles. The molecule has 0 fully saturated rings. The lowest BCUT2D eigenvalue weighted by Crippen LogP contribution is -2.22. The highest BCUT2D eigenvalue weighted by Crippen LogP contribution is 2.23. The van der Waals surface area contributed by atoms with Gasteiger partial charge in [0.15, 0.2) is 6.29 Å². The molecular formula is C15H17NOS. The van der Waals surface area contributed by atoms with Crippen molar-refractivity contribution in [2.24, 2.45) is 0 Å². The van der Waals surface area contributed by atoms with Crippen molar-refractivity contribution in [3.8, 4) is 0 Å². The van der Waals surface area contributed by atoms with Gasteiger partial charge in [-0.2, -0.15) is 0 Å². The molecule has 18 heavy (non-hydrogen) atoms. The largest absolute Gasteiger partial charge is 0.366 e. The lowest BCUT2D eigenvalue weighted by atomic mass is 10.1. The first-order valence-electron chi connectivity index (χ1n) is 6.07. The van der Waals surface area contributed by atoms with Gasteiger partial charge >= 0.3 is 0 Å². The number of benzene rings is 1. The molecule has 0 saturated heterocycles. The highest BCUT2D eigenvalue weighted by Gasteiger charge is 2.10. The van der Waals surface area contributed by atoms with Gasteiger partial charge in [0.05, 0.1) is 6.54 Å². The zero-order valence-corrected chi connectivity index (χ0v) is 11.5. The van der Waals surface area contributed by atoms with Crippen LogP contribution in [-0.4, -0.2) is 12.8 Å². The molecule has 1 heterocycles. The van der Waals surface area contributed by atoms with Crippen LogP contribution in [0, 0.1) is 6.92 Å². The predicted molar refractivity (Wildman–Crippen MR) is 77.6 cm³/mol. The number of aryl methyl sites for hydroxylation is 1. The van der Waals surface area contributed by atoms with E-state index in [1.165, 1.54) is 4.88 Å². The lowest BCUT2D eigenvalue weighted by Gasteiger charge is -2.24. The van der Waals surface area contributed by atoms with Crippen LogP contribution in [0.4, 0.5) is 5.69 Å². The number of carbonyl (C=O) groups is 1. The molecule has 3 heteroatoms.